The van der Waals surface area contributed by atoms with E-state index in [0.29, 0.717) is 42.1 Å². The van der Waals surface area contributed by atoms with Crippen LogP contribution in [0.4, 0.5) is 0 Å². The molecule has 37 heavy (non-hydrogen) atoms. The average molecular weight is 518 g/mol. The molecule has 6 N–H and O–H groups in total. The number of nitrogens with one attached hydrogen (secondary N) is 4. The van der Waals surface area contributed by atoms with Gasteiger partial charge in [-0.25, -0.2) is 0 Å². The summed E-state index contributed by atoms with van der Waals surface area (Å²) in [5, 5.41) is 17.7. The lowest BCUT2D eigenvalue weighted by atomic mass is 9.98. The zero-order chi connectivity index (χ0) is 26.4. The third kappa shape index (κ3) is 6.69. The molecule has 0 radical (unpaired) electrons. The number of Topliss-reactive ketones (excluding diaryl/α,β-unsaturated/α-hetero) is 1. The number of hydrogen-bond donors (Lipinski definition) is 5. The maximum Gasteiger partial charge on any atom is 0.255 e. The first-order valence-electron chi connectivity index (χ1n) is 11.6. The van der Waals surface area contributed by atoms with Crippen molar-refractivity contribution >= 4 is 34.8 Å². The number of nitrogen functional groups attached to an aromatic ring is 1. The van der Waals surface area contributed by atoms with Crippen molar-refractivity contribution in [3.05, 3.63) is 94.3 Å². The minimum atomic E-state index is -0.526. The summed E-state index contributed by atoms with van der Waals surface area (Å²) in [6, 6.07) is 17.1. The highest BCUT2D eigenvalue weighted by Gasteiger charge is 2.34. The van der Waals surface area contributed by atoms with Gasteiger partial charge in [-0.2, -0.15) is 0 Å². The molecule has 1 aromatic heterocycles. The van der Waals surface area contributed by atoms with E-state index < -0.39 is 17.9 Å². The lowest BCUT2D eigenvalue weighted by molar-refractivity contribution is -0.123. The summed E-state index contributed by atoms with van der Waals surface area (Å²) >= 11 is 1.41. The lowest BCUT2D eigenvalue weighted by Gasteiger charge is -2.13. The zero-order valence-corrected chi connectivity index (χ0v) is 20.8. The van der Waals surface area contributed by atoms with Gasteiger partial charge in [0.05, 0.1) is 18.3 Å². The monoisotopic (exact) mass is 517 g/mol. The third-order valence-corrected chi connectivity index (χ3v) is 6.81. The maximum atomic E-state index is 12.8. The number of allylic oxidation sites excluding steroid dienone is 1. The van der Waals surface area contributed by atoms with Gasteiger partial charge in [0.1, 0.15) is 17.3 Å². The summed E-state index contributed by atoms with van der Waals surface area (Å²) in [5.74, 6) is -0.219. The first kappa shape index (κ1) is 25.8. The Labute approximate surface area is 218 Å². The molecule has 0 spiro atoms. The molecule has 3 aromatic rings. The van der Waals surface area contributed by atoms with Gasteiger partial charge >= 0.3 is 0 Å². The molecule has 0 bridgehead atoms. The van der Waals surface area contributed by atoms with Crippen molar-refractivity contribution in [2.75, 3.05) is 6.54 Å². The molecular weight excluding hydrogens is 490 g/mol. The number of rotatable bonds is 10. The van der Waals surface area contributed by atoms with Gasteiger partial charge in [0.2, 0.25) is 5.91 Å². The van der Waals surface area contributed by atoms with Crippen molar-refractivity contribution < 1.29 is 19.1 Å². The van der Waals surface area contributed by atoms with E-state index in [1.165, 1.54) is 11.3 Å². The predicted molar refractivity (Wildman–Crippen MR) is 142 cm³/mol. The number of nitrogens with two attached hydrogens (primary N) is 1. The number of carbonyl (C=O) groups is 3. The van der Waals surface area contributed by atoms with Crippen LogP contribution < -0.4 is 26.4 Å². The van der Waals surface area contributed by atoms with E-state index >= 15 is 0 Å². The molecule has 1 aliphatic rings. The summed E-state index contributed by atoms with van der Waals surface area (Å²) < 4.78 is 5.73. The average Bonchev–Trinajstić information content (AvgIpc) is 3.58. The Balaban J connectivity index is 1.24. The molecule has 10 heteroatoms. The highest BCUT2D eigenvalue weighted by molar-refractivity contribution is 7.10. The fourth-order valence-electron chi connectivity index (χ4n) is 3.86. The molecule has 1 fully saturated rings. The second-order valence-electron chi connectivity index (χ2n) is 8.56. The van der Waals surface area contributed by atoms with Crippen molar-refractivity contribution in [2.45, 2.75) is 19.0 Å². The van der Waals surface area contributed by atoms with Gasteiger partial charge in [0.25, 0.3) is 5.91 Å². The summed E-state index contributed by atoms with van der Waals surface area (Å²) in [6.07, 6.45) is 0.300. The summed E-state index contributed by atoms with van der Waals surface area (Å²) in [4.78, 5) is 38.9. The van der Waals surface area contributed by atoms with Crippen LogP contribution >= 0.6 is 11.3 Å². The van der Waals surface area contributed by atoms with Gasteiger partial charge in [-0.15, -0.1) is 11.3 Å². The van der Waals surface area contributed by atoms with Crippen molar-refractivity contribution in [3.8, 4) is 11.5 Å². The molecular formula is C27H27N5O4S. The van der Waals surface area contributed by atoms with Gasteiger partial charge < -0.3 is 26.4 Å². The highest BCUT2D eigenvalue weighted by Crippen LogP contribution is 2.22. The fourth-order valence-corrected chi connectivity index (χ4v) is 4.69. The highest BCUT2D eigenvalue weighted by atomic mass is 32.1. The number of carbonyl (C=O) groups excluding carboxylic acids is 3. The molecule has 190 valence electrons. The minimum absolute atomic E-state index is 0.0159. The lowest BCUT2D eigenvalue weighted by Crippen LogP contribution is -2.39. The Morgan fingerprint density at radius 3 is 2.46 bits per heavy atom. The number of ether oxygens (including phenoxy) is 1. The smallest absolute Gasteiger partial charge is 0.255 e. The number of benzene rings is 2. The van der Waals surface area contributed by atoms with Crippen LogP contribution in [0.15, 0.2) is 78.3 Å². The molecule has 4 rings (SSSR count). The SMILES string of the molecule is C=C(NC(=O)c1ccc(Oc2ccccc2)cc1)C(=O)C1CN[C@H](C(=O)NCc2cc(C(=N)N)cs2)C1. The normalized spacial score (nSPS) is 16.5. The van der Waals surface area contributed by atoms with E-state index in [2.05, 4.69) is 22.5 Å². The molecule has 0 aliphatic carbocycles. The minimum Gasteiger partial charge on any atom is -0.457 e. The van der Waals surface area contributed by atoms with Crippen LogP contribution in [0.2, 0.25) is 0 Å². The van der Waals surface area contributed by atoms with Crippen LogP contribution in [-0.2, 0) is 16.1 Å². The number of ketones is 1. The van der Waals surface area contributed by atoms with Gasteiger partial charge in [0, 0.05) is 33.8 Å². The Hall–Kier alpha value is -4.28. The van der Waals surface area contributed by atoms with Gasteiger partial charge in [-0.05, 0) is 48.9 Å². The number of amidine groups is 1. The van der Waals surface area contributed by atoms with Crippen LogP contribution in [0.3, 0.4) is 0 Å². The second kappa shape index (κ2) is 11.6. The Morgan fingerprint density at radius 2 is 1.78 bits per heavy atom. The van der Waals surface area contributed by atoms with Crippen molar-refractivity contribution in [2.24, 2.45) is 11.7 Å². The second-order valence-corrected chi connectivity index (χ2v) is 9.56. The third-order valence-electron chi connectivity index (χ3n) is 5.88. The van der Waals surface area contributed by atoms with Crippen LogP contribution in [0, 0.1) is 11.3 Å². The molecule has 1 aliphatic heterocycles. The van der Waals surface area contributed by atoms with Gasteiger partial charge in [0.15, 0.2) is 5.78 Å². The van der Waals surface area contributed by atoms with Crippen molar-refractivity contribution in [1.82, 2.24) is 16.0 Å². The zero-order valence-electron chi connectivity index (χ0n) is 20.0. The van der Waals surface area contributed by atoms with Crippen LogP contribution in [0.5, 0.6) is 11.5 Å². The molecule has 0 saturated carbocycles. The molecule has 2 heterocycles. The van der Waals surface area contributed by atoms with E-state index in [4.69, 9.17) is 15.9 Å². The van der Waals surface area contributed by atoms with Crippen molar-refractivity contribution in [1.29, 1.82) is 5.41 Å². The standard InChI is InChI=1S/C27H27N5O4S/c1-16(32-26(34)17-7-9-21(10-8-17)36-20-5-3-2-4-6-20)24(33)18-12-23(30-13-18)27(35)31-14-22-11-19(15-37-22)25(28)29/h2-11,15,18,23,30H,1,12-14H2,(H3,28,29)(H,31,35)(H,32,34)/t18?,23-/m0/s1. The number of hydrogen-bond acceptors (Lipinski definition) is 7. The van der Waals surface area contributed by atoms with Crippen LogP contribution in [0.25, 0.3) is 0 Å². The number of thiophene rings is 1. The number of amides is 2. The Morgan fingerprint density at radius 1 is 1.08 bits per heavy atom. The van der Waals surface area contributed by atoms with E-state index in [0.717, 1.165) is 4.88 Å². The van der Waals surface area contributed by atoms with E-state index in [-0.39, 0.29) is 23.2 Å². The topological polar surface area (TPSA) is 146 Å². The Bertz CT molecular complexity index is 1320. The number of para-hydroxylation sites is 1. The molecule has 1 unspecified atom stereocenters. The van der Waals surface area contributed by atoms with E-state index in [1.54, 1.807) is 35.7 Å². The predicted octanol–water partition coefficient (Wildman–Crippen LogP) is 2.93. The van der Waals surface area contributed by atoms with Crippen LogP contribution in [0.1, 0.15) is 27.2 Å². The molecule has 2 aromatic carbocycles. The quantitative estimate of drug-likeness (QED) is 0.159. The van der Waals surface area contributed by atoms with Crippen LogP contribution in [-0.4, -0.2) is 36.0 Å². The summed E-state index contributed by atoms with van der Waals surface area (Å²) in [6.45, 7) is 4.36. The van der Waals surface area contributed by atoms with Gasteiger partial charge in [-0.1, -0.05) is 24.8 Å². The molecule has 1 saturated heterocycles. The molecule has 2 amide bonds. The molecule has 9 nitrogen and oxygen atoms in total. The summed E-state index contributed by atoms with van der Waals surface area (Å²) in [7, 11) is 0. The summed E-state index contributed by atoms with van der Waals surface area (Å²) in [5.41, 5.74) is 6.43. The first-order chi connectivity index (χ1) is 17.8. The fraction of sp³-hybridized carbons (Fsp3) is 0.185. The van der Waals surface area contributed by atoms with E-state index in [1.807, 2.05) is 30.3 Å². The Kier molecular flexibility index (Phi) is 8.11. The first-order valence-corrected chi connectivity index (χ1v) is 12.5. The molecule has 2 atom stereocenters. The largest absolute Gasteiger partial charge is 0.457 e. The van der Waals surface area contributed by atoms with Gasteiger partial charge in [-0.3, -0.25) is 19.8 Å². The maximum absolute atomic E-state index is 12.8. The van der Waals surface area contributed by atoms with E-state index in [9.17, 15) is 14.4 Å². The van der Waals surface area contributed by atoms with Crippen molar-refractivity contribution in [3.63, 3.8) is 0 Å².